The first-order chi connectivity index (χ1) is 6.20. The van der Waals surface area contributed by atoms with Gasteiger partial charge in [0.05, 0.1) is 0 Å². The number of hydrogen-bond donors (Lipinski definition) is 0. The minimum absolute atomic E-state index is 0.252. The van der Waals surface area contributed by atoms with E-state index in [4.69, 9.17) is 11.6 Å². The molecule has 72 valence electrons. The van der Waals surface area contributed by atoms with Crippen LogP contribution in [0.25, 0.3) is 0 Å². The predicted molar refractivity (Wildman–Crippen MR) is 52.0 cm³/mol. The third-order valence-corrected chi connectivity index (χ3v) is 3.41. The van der Waals surface area contributed by atoms with E-state index < -0.39 is 0 Å². The Morgan fingerprint density at radius 3 is 2.62 bits per heavy atom. The van der Waals surface area contributed by atoms with E-state index in [9.17, 15) is 0 Å². The summed E-state index contributed by atoms with van der Waals surface area (Å²) in [6.07, 6.45) is 3.48. The summed E-state index contributed by atoms with van der Waals surface area (Å²) in [5, 5.41) is 8.48. The minimum atomic E-state index is 0.252. The van der Waals surface area contributed by atoms with Crippen LogP contribution in [-0.4, -0.2) is 20.1 Å². The monoisotopic (exact) mass is 199 g/mol. The zero-order valence-electron chi connectivity index (χ0n) is 8.00. The van der Waals surface area contributed by atoms with Crippen LogP contribution >= 0.6 is 11.6 Å². The second-order valence-corrected chi connectivity index (χ2v) is 4.28. The summed E-state index contributed by atoms with van der Waals surface area (Å²) < 4.78 is 2.05. The van der Waals surface area contributed by atoms with Crippen molar-refractivity contribution < 1.29 is 0 Å². The summed E-state index contributed by atoms with van der Waals surface area (Å²) in [4.78, 5) is 0. The van der Waals surface area contributed by atoms with Gasteiger partial charge in [0.25, 0.3) is 0 Å². The van der Waals surface area contributed by atoms with Crippen molar-refractivity contribution in [2.75, 3.05) is 0 Å². The highest BCUT2D eigenvalue weighted by molar-refractivity contribution is 6.21. The van der Waals surface area contributed by atoms with Gasteiger partial charge >= 0.3 is 0 Å². The number of nitrogens with zero attached hydrogens (tertiary/aromatic N) is 3. The normalized spacial score (nSPS) is 28.2. The van der Waals surface area contributed by atoms with Crippen LogP contribution in [0.15, 0.2) is 0 Å². The Hall–Kier alpha value is -0.570. The summed E-state index contributed by atoms with van der Waals surface area (Å²) in [5.41, 5.74) is 0. The van der Waals surface area contributed by atoms with E-state index >= 15 is 0 Å². The Bertz CT molecular complexity index is 308. The third-order valence-electron chi connectivity index (χ3n) is 2.89. The zero-order valence-corrected chi connectivity index (χ0v) is 8.75. The molecule has 1 aliphatic carbocycles. The predicted octanol–water partition coefficient (Wildman–Crippen LogP) is 2.00. The van der Waals surface area contributed by atoms with Gasteiger partial charge in [-0.25, -0.2) is 0 Å². The van der Waals surface area contributed by atoms with Gasteiger partial charge in [0.15, 0.2) is 0 Å². The number of rotatable bonds is 1. The van der Waals surface area contributed by atoms with E-state index in [2.05, 4.69) is 10.2 Å². The van der Waals surface area contributed by atoms with Crippen LogP contribution < -0.4 is 0 Å². The van der Waals surface area contributed by atoms with Crippen LogP contribution in [0.1, 0.15) is 36.8 Å². The first kappa shape index (κ1) is 9.00. The topological polar surface area (TPSA) is 30.7 Å². The lowest BCUT2D eigenvalue weighted by atomic mass is 10.1. The van der Waals surface area contributed by atoms with Crippen molar-refractivity contribution in [2.45, 2.75) is 37.5 Å². The Labute approximate surface area is 83.1 Å². The number of aryl methyl sites for hydroxylation is 1. The zero-order chi connectivity index (χ0) is 9.42. The maximum atomic E-state index is 6.21. The fourth-order valence-electron chi connectivity index (χ4n) is 1.95. The van der Waals surface area contributed by atoms with Gasteiger partial charge < -0.3 is 4.57 Å². The van der Waals surface area contributed by atoms with Crippen molar-refractivity contribution in [1.29, 1.82) is 0 Å². The second kappa shape index (κ2) is 3.29. The van der Waals surface area contributed by atoms with Crippen LogP contribution in [0, 0.1) is 6.92 Å². The lowest BCUT2D eigenvalue weighted by Crippen LogP contribution is -2.11. The number of alkyl halides is 1. The summed E-state index contributed by atoms with van der Waals surface area (Å²) in [7, 11) is 2.01. The molecule has 2 atom stereocenters. The lowest BCUT2D eigenvalue weighted by molar-refractivity contribution is 0.631. The molecule has 13 heavy (non-hydrogen) atoms. The molecule has 0 aromatic carbocycles. The average molecular weight is 200 g/mol. The van der Waals surface area contributed by atoms with Gasteiger partial charge in [-0.2, -0.15) is 0 Å². The molecule has 2 rings (SSSR count). The molecule has 1 fully saturated rings. The smallest absolute Gasteiger partial charge is 0.137 e. The van der Waals surface area contributed by atoms with Crippen LogP contribution in [0.4, 0.5) is 0 Å². The summed E-state index contributed by atoms with van der Waals surface area (Å²) in [5.74, 6) is 2.42. The average Bonchev–Trinajstić information content (AvgIpc) is 2.62. The number of hydrogen-bond acceptors (Lipinski definition) is 2. The Morgan fingerprint density at radius 2 is 2.15 bits per heavy atom. The standard InChI is InChI=1S/C9H14ClN3/c1-6-11-12-9(13(6)2)7-4-3-5-8(7)10/h7-8H,3-5H2,1-2H3. The molecule has 0 saturated heterocycles. The Morgan fingerprint density at radius 1 is 1.38 bits per heavy atom. The maximum Gasteiger partial charge on any atom is 0.137 e. The van der Waals surface area contributed by atoms with Crippen molar-refractivity contribution in [3.8, 4) is 0 Å². The fourth-order valence-corrected chi connectivity index (χ4v) is 2.35. The van der Waals surface area contributed by atoms with Crippen molar-refractivity contribution in [2.24, 2.45) is 7.05 Å². The summed E-state index contributed by atoms with van der Waals surface area (Å²) >= 11 is 6.21. The van der Waals surface area contributed by atoms with E-state index in [1.165, 1.54) is 6.42 Å². The van der Waals surface area contributed by atoms with Crippen LogP contribution in [0.5, 0.6) is 0 Å². The van der Waals surface area contributed by atoms with Gasteiger partial charge in [0, 0.05) is 18.3 Å². The molecule has 1 saturated carbocycles. The van der Waals surface area contributed by atoms with Crippen molar-refractivity contribution in [1.82, 2.24) is 14.8 Å². The van der Waals surface area contributed by atoms with Crippen molar-refractivity contribution in [3.05, 3.63) is 11.6 Å². The molecule has 0 N–H and O–H groups in total. The maximum absolute atomic E-state index is 6.21. The highest BCUT2D eigenvalue weighted by atomic mass is 35.5. The van der Waals surface area contributed by atoms with Gasteiger partial charge in [0.1, 0.15) is 11.6 Å². The molecule has 0 aliphatic heterocycles. The molecular weight excluding hydrogens is 186 g/mol. The molecule has 1 aliphatic rings. The SMILES string of the molecule is Cc1nnc(C2CCCC2Cl)n1C. The quantitative estimate of drug-likeness (QED) is 0.648. The van der Waals surface area contributed by atoms with Gasteiger partial charge in [-0.1, -0.05) is 6.42 Å². The van der Waals surface area contributed by atoms with Crippen LogP contribution in [0.2, 0.25) is 0 Å². The van der Waals surface area contributed by atoms with Gasteiger partial charge in [-0.05, 0) is 19.8 Å². The molecule has 1 aromatic rings. The van der Waals surface area contributed by atoms with E-state index in [-0.39, 0.29) is 5.38 Å². The van der Waals surface area contributed by atoms with E-state index in [0.717, 1.165) is 24.5 Å². The summed E-state index contributed by atoms with van der Waals surface area (Å²) in [6.45, 7) is 1.97. The third kappa shape index (κ3) is 1.46. The molecule has 3 nitrogen and oxygen atoms in total. The Balaban J connectivity index is 2.29. The molecule has 2 unspecified atom stereocenters. The van der Waals surface area contributed by atoms with Gasteiger partial charge in [0.2, 0.25) is 0 Å². The number of aromatic nitrogens is 3. The molecule has 4 heteroatoms. The molecule has 0 amide bonds. The fraction of sp³-hybridized carbons (Fsp3) is 0.778. The first-order valence-corrected chi connectivity index (χ1v) is 5.13. The molecular formula is C9H14ClN3. The lowest BCUT2D eigenvalue weighted by Gasteiger charge is -2.12. The highest BCUT2D eigenvalue weighted by Crippen LogP contribution is 2.36. The van der Waals surface area contributed by atoms with Crippen molar-refractivity contribution in [3.63, 3.8) is 0 Å². The largest absolute Gasteiger partial charge is 0.318 e. The molecule has 0 bridgehead atoms. The first-order valence-electron chi connectivity index (χ1n) is 4.70. The minimum Gasteiger partial charge on any atom is -0.318 e. The van der Waals surface area contributed by atoms with Crippen molar-refractivity contribution >= 4 is 11.6 Å². The molecule has 1 aromatic heterocycles. The highest BCUT2D eigenvalue weighted by Gasteiger charge is 2.30. The second-order valence-electron chi connectivity index (χ2n) is 3.72. The van der Waals surface area contributed by atoms with E-state index in [1.807, 2.05) is 18.5 Å². The van der Waals surface area contributed by atoms with Gasteiger partial charge in [-0.15, -0.1) is 21.8 Å². The molecule has 0 radical (unpaired) electrons. The number of halogens is 1. The van der Waals surface area contributed by atoms with Crippen LogP contribution in [-0.2, 0) is 7.05 Å². The van der Waals surface area contributed by atoms with Crippen LogP contribution in [0.3, 0.4) is 0 Å². The molecule has 1 heterocycles. The summed E-state index contributed by atoms with van der Waals surface area (Å²) in [6, 6.07) is 0. The van der Waals surface area contributed by atoms with E-state index in [0.29, 0.717) is 5.92 Å². The molecule has 0 spiro atoms. The van der Waals surface area contributed by atoms with Gasteiger partial charge in [-0.3, -0.25) is 0 Å². The van der Waals surface area contributed by atoms with E-state index in [1.54, 1.807) is 0 Å². The Kier molecular flexibility index (Phi) is 2.28.